The van der Waals surface area contributed by atoms with Crippen molar-refractivity contribution in [2.45, 2.75) is 33.1 Å². The van der Waals surface area contributed by atoms with Gasteiger partial charge in [0.1, 0.15) is 5.82 Å². The van der Waals surface area contributed by atoms with E-state index in [2.05, 4.69) is 30.2 Å². The Hall–Kier alpha value is -2.36. The van der Waals surface area contributed by atoms with Gasteiger partial charge in [0.2, 0.25) is 0 Å². The fraction of sp³-hybridized carbons (Fsp3) is 0.294. The van der Waals surface area contributed by atoms with Crippen molar-refractivity contribution in [3.8, 4) is 0 Å². The van der Waals surface area contributed by atoms with E-state index in [4.69, 9.17) is 0 Å². The molecule has 0 fully saturated rings. The van der Waals surface area contributed by atoms with Crippen LogP contribution in [0, 0.1) is 0 Å². The van der Waals surface area contributed by atoms with E-state index in [1.54, 1.807) is 12.1 Å². The highest BCUT2D eigenvalue weighted by Gasteiger charge is 2.10. The number of aryl methyl sites for hydroxylation is 1. The Bertz CT molecular complexity index is 651. The van der Waals surface area contributed by atoms with Crippen LogP contribution in [0.25, 0.3) is 0 Å². The van der Waals surface area contributed by atoms with E-state index >= 15 is 0 Å². The van der Waals surface area contributed by atoms with Gasteiger partial charge < -0.3 is 10.4 Å². The summed E-state index contributed by atoms with van der Waals surface area (Å²) in [7, 11) is 0. The van der Waals surface area contributed by atoms with Crippen LogP contribution >= 0.6 is 0 Å². The van der Waals surface area contributed by atoms with E-state index in [0.717, 1.165) is 11.4 Å². The Labute approximate surface area is 124 Å². The molecule has 1 heterocycles. The van der Waals surface area contributed by atoms with Crippen LogP contribution in [-0.4, -0.2) is 16.1 Å². The molecule has 4 heteroatoms. The first-order chi connectivity index (χ1) is 10.0. The minimum atomic E-state index is -0.938. The average Bonchev–Trinajstić information content (AvgIpc) is 2.47. The fourth-order valence-corrected chi connectivity index (χ4v) is 2.21. The lowest BCUT2D eigenvalue weighted by Crippen LogP contribution is -2.04. The maximum Gasteiger partial charge on any atom is 0.335 e. The molecule has 0 unspecified atom stereocenters. The monoisotopic (exact) mass is 284 g/mol. The number of benzene rings is 1. The number of hydrogen-bond donors (Lipinski definition) is 2. The summed E-state index contributed by atoms with van der Waals surface area (Å²) in [5, 5.41) is 12.4. The first-order valence-corrected chi connectivity index (χ1v) is 7.11. The number of hydrogen-bond acceptors (Lipinski definition) is 3. The summed E-state index contributed by atoms with van der Waals surface area (Å²) in [6, 6.07) is 11.2. The third kappa shape index (κ3) is 3.60. The third-order valence-corrected chi connectivity index (χ3v) is 3.33. The molecule has 1 aromatic carbocycles. The number of carboxylic acid groups (broad SMARTS) is 1. The van der Waals surface area contributed by atoms with Gasteiger partial charge in [-0.1, -0.05) is 39.0 Å². The molecule has 2 aromatic rings. The quantitative estimate of drug-likeness (QED) is 0.863. The molecule has 110 valence electrons. The van der Waals surface area contributed by atoms with Crippen LogP contribution in [0.4, 0.5) is 11.5 Å². The van der Waals surface area contributed by atoms with Crippen molar-refractivity contribution in [3.63, 3.8) is 0 Å². The molecule has 4 nitrogen and oxygen atoms in total. The molecule has 0 saturated heterocycles. The number of rotatable bonds is 5. The van der Waals surface area contributed by atoms with Crippen molar-refractivity contribution in [2.75, 3.05) is 5.32 Å². The molecule has 0 aliphatic carbocycles. The van der Waals surface area contributed by atoms with Crippen molar-refractivity contribution in [2.24, 2.45) is 0 Å². The predicted octanol–water partition coefficient (Wildman–Crippen LogP) is 4.21. The lowest BCUT2D eigenvalue weighted by Gasteiger charge is -2.15. The van der Waals surface area contributed by atoms with Crippen LogP contribution in [0.1, 0.15) is 48.3 Å². The number of nitrogens with one attached hydrogen (secondary N) is 1. The van der Waals surface area contributed by atoms with Gasteiger partial charge in [0.05, 0.1) is 5.56 Å². The summed E-state index contributed by atoms with van der Waals surface area (Å²) in [6.07, 6.45) is 0.696. The van der Waals surface area contributed by atoms with Gasteiger partial charge >= 0.3 is 5.97 Å². The normalized spacial score (nSPS) is 10.7. The number of pyridine rings is 1. The Balaban J connectivity index is 2.40. The highest BCUT2D eigenvalue weighted by Crippen LogP contribution is 2.26. The second-order valence-corrected chi connectivity index (χ2v) is 5.26. The number of carbonyl (C=O) groups is 1. The summed E-state index contributed by atoms with van der Waals surface area (Å²) in [6.45, 7) is 6.21. The summed E-state index contributed by atoms with van der Waals surface area (Å²) >= 11 is 0. The molecule has 0 saturated carbocycles. The van der Waals surface area contributed by atoms with Crippen molar-refractivity contribution in [1.82, 2.24) is 4.98 Å². The number of para-hydroxylation sites is 1. The maximum absolute atomic E-state index is 11.2. The molecular formula is C17H20N2O2. The average molecular weight is 284 g/mol. The van der Waals surface area contributed by atoms with Gasteiger partial charge in [-0.25, -0.2) is 9.78 Å². The Morgan fingerprint density at radius 1 is 1.29 bits per heavy atom. The molecule has 21 heavy (non-hydrogen) atoms. The van der Waals surface area contributed by atoms with Gasteiger partial charge in [0.25, 0.3) is 0 Å². The molecule has 0 bridgehead atoms. The SMILES string of the molecule is CCc1cc(C(=O)O)cc(Nc2ccccc2C(C)C)n1. The van der Waals surface area contributed by atoms with E-state index in [-0.39, 0.29) is 5.56 Å². The highest BCUT2D eigenvalue weighted by molar-refractivity contribution is 5.88. The highest BCUT2D eigenvalue weighted by atomic mass is 16.4. The minimum Gasteiger partial charge on any atom is -0.478 e. The summed E-state index contributed by atoms with van der Waals surface area (Å²) in [4.78, 5) is 15.6. The molecule has 0 atom stereocenters. The van der Waals surface area contributed by atoms with Gasteiger partial charge in [-0.3, -0.25) is 0 Å². The Morgan fingerprint density at radius 2 is 2.00 bits per heavy atom. The van der Waals surface area contributed by atoms with Crippen LogP contribution in [0.2, 0.25) is 0 Å². The van der Waals surface area contributed by atoms with Crippen molar-refractivity contribution >= 4 is 17.5 Å². The van der Waals surface area contributed by atoms with Crippen LogP contribution < -0.4 is 5.32 Å². The molecule has 0 amide bonds. The fourth-order valence-electron chi connectivity index (χ4n) is 2.21. The smallest absolute Gasteiger partial charge is 0.335 e. The maximum atomic E-state index is 11.2. The predicted molar refractivity (Wildman–Crippen MR) is 84.4 cm³/mol. The molecule has 0 spiro atoms. The van der Waals surface area contributed by atoms with Gasteiger partial charge in [0.15, 0.2) is 0 Å². The van der Waals surface area contributed by atoms with E-state index in [1.807, 2.05) is 25.1 Å². The topological polar surface area (TPSA) is 62.2 Å². The number of aromatic carboxylic acids is 1. The summed E-state index contributed by atoms with van der Waals surface area (Å²) in [5.74, 6) is 0.00847. The first kappa shape index (κ1) is 15.0. The standard InChI is InChI=1S/C17H20N2O2/c1-4-13-9-12(17(20)21)10-16(18-13)19-15-8-6-5-7-14(15)11(2)3/h5-11H,4H2,1-3H3,(H,18,19)(H,20,21). The van der Waals surface area contributed by atoms with Gasteiger partial charge in [-0.05, 0) is 36.1 Å². The zero-order chi connectivity index (χ0) is 15.4. The van der Waals surface area contributed by atoms with E-state index in [0.29, 0.717) is 18.2 Å². The molecule has 0 aliphatic rings. The van der Waals surface area contributed by atoms with Crippen LogP contribution in [0.5, 0.6) is 0 Å². The first-order valence-electron chi connectivity index (χ1n) is 7.11. The Kier molecular flexibility index (Phi) is 4.58. The third-order valence-electron chi connectivity index (χ3n) is 3.33. The molecule has 1 aromatic heterocycles. The number of nitrogens with zero attached hydrogens (tertiary/aromatic N) is 1. The van der Waals surface area contributed by atoms with Gasteiger partial charge in [0, 0.05) is 11.4 Å². The zero-order valence-corrected chi connectivity index (χ0v) is 12.6. The largest absolute Gasteiger partial charge is 0.478 e. The van der Waals surface area contributed by atoms with Crippen LogP contribution in [-0.2, 0) is 6.42 Å². The minimum absolute atomic E-state index is 0.256. The number of anilines is 2. The van der Waals surface area contributed by atoms with Crippen LogP contribution in [0.3, 0.4) is 0 Å². The zero-order valence-electron chi connectivity index (χ0n) is 12.6. The van der Waals surface area contributed by atoms with E-state index < -0.39 is 5.97 Å². The van der Waals surface area contributed by atoms with E-state index in [1.165, 1.54) is 5.56 Å². The lowest BCUT2D eigenvalue weighted by molar-refractivity contribution is 0.0696. The van der Waals surface area contributed by atoms with Crippen molar-refractivity contribution in [3.05, 3.63) is 53.2 Å². The van der Waals surface area contributed by atoms with Gasteiger partial charge in [-0.15, -0.1) is 0 Å². The number of aromatic nitrogens is 1. The lowest BCUT2D eigenvalue weighted by atomic mass is 10.0. The molecule has 2 N–H and O–H groups in total. The second kappa shape index (κ2) is 6.39. The second-order valence-electron chi connectivity index (χ2n) is 5.26. The van der Waals surface area contributed by atoms with Gasteiger partial charge in [-0.2, -0.15) is 0 Å². The van der Waals surface area contributed by atoms with E-state index in [9.17, 15) is 9.90 Å². The molecule has 0 radical (unpaired) electrons. The molecule has 2 rings (SSSR count). The summed E-state index contributed by atoms with van der Waals surface area (Å²) in [5.41, 5.74) is 3.16. The van der Waals surface area contributed by atoms with Crippen molar-refractivity contribution < 1.29 is 9.90 Å². The molecule has 0 aliphatic heterocycles. The van der Waals surface area contributed by atoms with Crippen molar-refractivity contribution in [1.29, 1.82) is 0 Å². The Morgan fingerprint density at radius 3 is 2.62 bits per heavy atom. The summed E-state index contributed by atoms with van der Waals surface area (Å²) < 4.78 is 0. The molecular weight excluding hydrogens is 264 g/mol. The van der Waals surface area contributed by atoms with Crippen LogP contribution in [0.15, 0.2) is 36.4 Å². The number of carboxylic acids is 1.